The zero-order chi connectivity index (χ0) is 18.0. The Kier molecular flexibility index (Phi) is 16.0. The predicted molar refractivity (Wildman–Crippen MR) is 92.1 cm³/mol. The van der Waals surface area contributed by atoms with Crippen LogP contribution in [0.4, 0.5) is 0 Å². The van der Waals surface area contributed by atoms with Gasteiger partial charge in [-0.25, -0.2) is 0 Å². The van der Waals surface area contributed by atoms with Gasteiger partial charge in [-0.05, 0) is 19.4 Å². The molecule has 0 aromatic heterocycles. The lowest BCUT2D eigenvalue weighted by Gasteiger charge is -2.22. The van der Waals surface area contributed by atoms with E-state index in [2.05, 4.69) is 6.92 Å². The van der Waals surface area contributed by atoms with Crippen LogP contribution in [0.1, 0.15) is 90.4 Å². The van der Waals surface area contributed by atoms with Gasteiger partial charge in [0.15, 0.2) is 0 Å². The standard InChI is InChI=1S/C19H37NO4/c1-2-3-4-5-6-7-8-9-10-11-12-13-15-20(17-19(23)24)16-14-18(21)22/h2-17H2,1H3,(H,21,22)(H,23,24)/p-2. The highest BCUT2D eigenvalue weighted by atomic mass is 16.4. The van der Waals surface area contributed by atoms with Crippen molar-refractivity contribution in [1.29, 1.82) is 0 Å². The van der Waals surface area contributed by atoms with Gasteiger partial charge in [0, 0.05) is 19.1 Å². The average molecular weight is 341 g/mol. The number of hydrogen-bond donors (Lipinski definition) is 0. The Bertz CT molecular complexity index is 320. The average Bonchev–Trinajstić information content (AvgIpc) is 2.52. The summed E-state index contributed by atoms with van der Waals surface area (Å²) in [6, 6.07) is 0. The molecule has 0 atom stereocenters. The second kappa shape index (κ2) is 16.7. The van der Waals surface area contributed by atoms with E-state index >= 15 is 0 Å². The molecule has 0 heterocycles. The maximum absolute atomic E-state index is 10.7. The highest BCUT2D eigenvalue weighted by Crippen LogP contribution is 2.12. The van der Waals surface area contributed by atoms with Crippen molar-refractivity contribution in [2.45, 2.75) is 90.4 Å². The molecule has 0 aromatic rings. The molecule has 0 spiro atoms. The van der Waals surface area contributed by atoms with Gasteiger partial charge in [0.1, 0.15) is 0 Å². The van der Waals surface area contributed by atoms with E-state index in [1.165, 1.54) is 57.8 Å². The van der Waals surface area contributed by atoms with Crippen molar-refractivity contribution < 1.29 is 19.8 Å². The molecule has 0 amide bonds. The van der Waals surface area contributed by atoms with Crippen molar-refractivity contribution >= 4 is 11.9 Å². The highest BCUT2D eigenvalue weighted by molar-refractivity contribution is 5.67. The molecular formula is C19H35NO4-2. The van der Waals surface area contributed by atoms with Crippen LogP contribution in [0.2, 0.25) is 0 Å². The number of nitrogens with zero attached hydrogens (tertiary/aromatic N) is 1. The van der Waals surface area contributed by atoms with E-state index in [0.29, 0.717) is 6.54 Å². The second-order valence-corrected chi connectivity index (χ2v) is 6.66. The predicted octanol–water partition coefficient (Wildman–Crippen LogP) is 1.88. The highest BCUT2D eigenvalue weighted by Gasteiger charge is 2.05. The number of hydrogen-bond acceptors (Lipinski definition) is 5. The number of rotatable bonds is 18. The van der Waals surface area contributed by atoms with Gasteiger partial charge in [-0.3, -0.25) is 4.90 Å². The van der Waals surface area contributed by atoms with Gasteiger partial charge in [0.05, 0.1) is 5.97 Å². The van der Waals surface area contributed by atoms with Gasteiger partial charge < -0.3 is 19.8 Å². The first-order valence-corrected chi connectivity index (χ1v) is 9.68. The summed E-state index contributed by atoms with van der Waals surface area (Å²) in [7, 11) is 0. The minimum atomic E-state index is -1.16. The second-order valence-electron chi connectivity index (χ2n) is 6.66. The molecule has 0 rings (SSSR count). The first-order chi connectivity index (χ1) is 11.6. The zero-order valence-electron chi connectivity index (χ0n) is 15.4. The Morgan fingerprint density at radius 1 is 0.667 bits per heavy atom. The van der Waals surface area contributed by atoms with Gasteiger partial charge in [0.2, 0.25) is 0 Å². The third-order valence-corrected chi connectivity index (χ3v) is 4.31. The third-order valence-electron chi connectivity index (χ3n) is 4.31. The lowest BCUT2D eigenvalue weighted by Crippen LogP contribution is -2.40. The number of carbonyl (C=O) groups is 2. The van der Waals surface area contributed by atoms with Crippen LogP contribution in [0.25, 0.3) is 0 Å². The van der Waals surface area contributed by atoms with Crippen LogP contribution in [0, 0.1) is 0 Å². The molecule has 0 aliphatic carbocycles. The first kappa shape index (κ1) is 22.9. The van der Waals surface area contributed by atoms with Gasteiger partial charge >= 0.3 is 0 Å². The summed E-state index contributed by atoms with van der Waals surface area (Å²) >= 11 is 0. The summed E-state index contributed by atoms with van der Waals surface area (Å²) in [5, 5.41) is 21.1. The Hall–Kier alpha value is -1.10. The fraction of sp³-hybridized carbons (Fsp3) is 0.895. The fourth-order valence-corrected chi connectivity index (χ4v) is 2.88. The third kappa shape index (κ3) is 17.3. The minimum Gasteiger partial charge on any atom is -0.550 e. The lowest BCUT2D eigenvalue weighted by molar-refractivity contribution is -0.309. The van der Waals surface area contributed by atoms with Crippen molar-refractivity contribution in [2.24, 2.45) is 0 Å². The molecule has 0 fully saturated rings. The van der Waals surface area contributed by atoms with Crippen LogP contribution < -0.4 is 10.2 Å². The van der Waals surface area contributed by atoms with E-state index in [-0.39, 0.29) is 19.5 Å². The van der Waals surface area contributed by atoms with E-state index in [1.807, 2.05) is 0 Å². The summed E-state index contributed by atoms with van der Waals surface area (Å²) in [6.45, 7) is 2.86. The van der Waals surface area contributed by atoms with Crippen LogP contribution in [0.5, 0.6) is 0 Å². The maximum atomic E-state index is 10.7. The molecule has 0 aromatic carbocycles. The zero-order valence-corrected chi connectivity index (χ0v) is 15.4. The first-order valence-electron chi connectivity index (χ1n) is 9.68. The number of aliphatic carboxylic acids is 2. The number of unbranched alkanes of at least 4 members (excludes halogenated alkanes) is 11. The SMILES string of the molecule is CCCCCCCCCCCCCCN(CCC(=O)[O-])CC(=O)[O-]. The van der Waals surface area contributed by atoms with E-state index in [1.54, 1.807) is 4.90 Å². The van der Waals surface area contributed by atoms with Crippen molar-refractivity contribution in [2.75, 3.05) is 19.6 Å². The van der Waals surface area contributed by atoms with Gasteiger partial charge in [-0.15, -0.1) is 0 Å². The van der Waals surface area contributed by atoms with E-state index < -0.39 is 11.9 Å². The van der Waals surface area contributed by atoms with Gasteiger partial charge in [0.25, 0.3) is 0 Å². The quantitative estimate of drug-likeness (QED) is 0.355. The Labute approximate surface area is 147 Å². The van der Waals surface area contributed by atoms with Crippen LogP contribution in [-0.2, 0) is 9.59 Å². The van der Waals surface area contributed by atoms with Gasteiger partial charge in [-0.1, -0.05) is 77.6 Å². The molecule has 0 radical (unpaired) electrons. The molecule has 0 saturated carbocycles. The van der Waals surface area contributed by atoms with Crippen molar-refractivity contribution in [1.82, 2.24) is 4.90 Å². The molecule has 0 saturated heterocycles. The normalized spacial score (nSPS) is 11.1. The van der Waals surface area contributed by atoms with Crippen molar-refractivity contribution in [3.8, 4) is 0 Å². The molecule has 0 aliphatic rings. The summed E-state index contributed by atoms with van der Waals surface area (Å²) < 4.78 is 0. The van der Waals surface area contributed by atoms with Crippen LogP contribution in [0.3, 0.4) is 0 Å². The minimum absolute atomic E-state index is 0.133. The monoisotopic (exact) mass is 341 g/mol. The smallest absolute Gasteiger partial charge is 0.0555 e. The molecule has 0 N–H and O–H groups in total. The van der Waals surface area contributed by atoms with E-state index in [0.717, 1.165) is 19.3 Å². The van der Waals surface area contributed by atoms with Crippen LogP contribution in [0.15, 0.2) is 0 Å². The summed E-state index contributed by atoms with van der Waals surface area (Å²) in [4.78, 5) is 22.7. The van der Waals surface area contributed by atoms with Crippen molar-refractivity contribution in [3.63, 3.8) is 0 Å². The van der Waals surface area contributed by atoms with Crippen molar-refractivity contribution in [3.05, 3.63) is 0 Å². The molecular weight excluding hydrogens is 306 g/mol. The Morgan fingerprint density at radius 3 is 1.54 bits per heavy atom. The number of carbonyl (C=O) groups excluding carboxylic acids is 2. The molecule has 5 heteroatoms. The Morgan fingerprint density at radius 2 is 1.12 bits per heavy atom. The largest absolute Gasteiger partial charge is 0.550 e. The Balaban J connectivity index is 3.47. The molecule has 24 heavy (non-hydrogen) atoms. The van der Waals surface area contributed by atoms with E-state index in [9.17, 15) is 19.8 Å². The molecule has 0 unspecified atom stereocenters. The topological polar surface area (TPSA) is 83.5 Å². The fourth-order valence-electron chi connectivity index (χ4n) is 2.88. The van der Waals surface area contributed by atoms with E-state index in [4.69, 9.17) is 0 Å². The number of carboxylic acid groups (broad SMARTS) is 2. The molecule has 5 nitrogen and oxygen atoms in total. The molecule has 0 bridgehead atoms. The van der Waals surface area contributed by atoms with Crippen LogP contribution in [-0.4, -0.2) is 36.5 Å². The summed E-state index contributed by atoms with van der Waals surface area (Å²) in [6.07, 6.45) is 14.9. The van der Waals surface area contributed by atoms with Crippen LogP contribution >= 0.6 is 0 Å². The van der Waals surface area contributed by atoms with Gasteiger partial charge in [-0.2, -0.15) is 0 Å². The maximum Gasteiger partial charge on any atom is 0.0555 e. The molecule has 142 valence electrons. The summed E-state index contributed by atoms with van der Waals surface area (Å²) in [5.74, 6) is -2.31. The lowest BCUT2D eigenvalue weighted by atomic mass is 10.1. The number of carboxylic acids is 2. The summed E-state index contributed by atoms with van der Waals surface area (Å²) in [5.41, 5.74) is 0. The molecule has 0 aliphatic heterocycles.